The molecule has 0 radical (unpaired) electrons. The highest BCUT2D eigenvalue weighted by Gasteiger charge is 2.09. The van der Waals surface area contributed by atoms with Crippen molar-refractivity contribution >= 4 is 51.1 Å². The SMILES string of the molecule is O=C(N/N=C\c1ccc([N+](=O)[O-])s1)c1ccccc1I. The predicted molar refractivity (Wildman–Crippen MR) is 85.2 cm³/mol. The fourth-order valence-corrected chi connectivity index (χ4v) is 2.70. The Morgan fingerprint density at radius 3 is 2.75 bits per heavy atom. The van der Waals surface area contributed by atoms with Gasteiger partial charge in [-0.25, -0.2) is 5.43 Å². The average Bonchev–Trinajstić information content (AvgIpc) is 2.88. The molecular weight excluding hydrogens is 393 g/mol. The summed E-state index contributed by atoms with van der Waals surface area (Å²) in [4.78, 5) is 22.5. The first-order valence-electron chi connectivity index (χ1n) is 5.40. The van der Waals surface area contributed by atoms with E-state index in [0.29, 0.717) is 10.4 Å². The largest absolute Gasteiger partial charge is 0.324 e. The van der Waals surface area contributed by atoms with Gasteiger partial charge in [-0.15, -0.1) is 0 Å². The first-order chi connectivity index (χ1) is 9.58. The van der Waals surface area contributed by atoms with Crippen LogP contribution in [0.4, 0.5) is 5.00 Å². The molecule has 1 heterocycles. The summed E-state index contributed by atoms with van der Waals surface area (Å²) >= 11 is 3.05. The molecule has 1 N–H and O–H groups in total. The smallest absolute Gasteiger partial charge is 0.267 e. The number of nitro groups is 1. The molecule has 2 aromatic rings. The number of carbonyl (C=O) groups is 1. The Bertz CT molecular complexity index is 684. The standard InChI is InChI=1S/C12H8IN3O3S/c13-10-4-2-1-3-9(10)12(17)15-14-7-8-5-6-11(20-8)16(18)19/h1-7H,(H,15,17)/b14-7-. The fourth-order valence-electron chi connectivity index (χ4n) is 1.37. The minimum absolute atomic E-state index is 0.0374. The van der Waals surface area contributed by atoms with E-state index in [2.05, 4.69) is 33.1 Å². The van der Waals surface area contributed by atoms with Gasteiger partial charge in [0.1, 0.15) is 0 Å². The van der Waals surface area contributed by atoms with E-state index in [-0.39, 0.29) is 10.9 Å². The van der Waals surface area contributed by atoms with E-state index < -0.39 is 4.92 Å². The van der Waals surface area contributed by atoms with E-state index in [9.17, 15) is 14.9 Å². The summed E-state index contributed by atoms with van der Waals surface area (Å²) in [6, 6.07) is 10.1. The van der Waals surface area contributed by atoms with Crippen molar-refractivity contribution in [2.24, 2.45) is 5.10 Å². The molecule has 0 bridgehead atoms. The molecule has 0 aliphatic heterocycles. The molecule has 0 spiro atoms. The molecule has 0 aliphatic carbocycles. The molecule has 0 unspecified atom stereocenters. The zero-order valence-electron chi connectivity index (χ0n) is 9.95. The Balaban J connectivity index is 2.01. The van der Waals surface area contributed by atoms with Crippen molar-refractivity contribution in [3.05, 3.63) is 60.5 Å². The molecule has 2 rings (SSSR count). The van der Waals surface area contributed by atoms with Crippen LogP contribution in [0.2, 0.25) is 0 Å². The molecule has 20 heavy (non-hydrogen) atoms. The number of nitrogens with zero attached hydrogens (tertiary/aromatic N) is 2. The van der Waals surface area contributed by atoms with Gasteiger partial charge in [0.25, 0.3) is 5.91 Å². The van der Waals surface area contributed by atoms with Crippen molar-refractivity contribution in [1.82, 2.24) is 5.43 Å². The normalized spacial score (nSPS) is 10.7. The highest BCUT2D eigenvalue weighted by molar-refractivity contribution is 14.1. The van der Waals surface area contributed by atoms with Crippen LogP contribution in [0.5, 0.6) is 0 Å². The molecule has 0 atom stereocenters. The second-order valence-corrected chi connectivity index (χ2v) is 5.87. The van der Waals surface area contributed by atoms with Crippen LogP contribution in [-0.2, 0) is 0 Å². The van der Waals surface area contributed by atoms with Gasteiger partial charge in [0.05, 0.1) is 21.6 Å². The molecule has 1 amide bonds. The third-order valence-corrected chi connectivity index (χ3v) is 4.18. The van der Waals surface area contributed by atoms with Crippen molar-refractivity contribution in [3.8, 4) is 0 Å². The molecule has 0 saturated carbocycles. The maximum absolute atomic E-state index is 11.8. The molecule has 1 aromatic carbocycles. The lowest BCUT2D eigenvalue weighted by molar-refractivity contribution is -0.380. The summed E-state index contributed by atoms with van der Waals surface area (Å²) in [5.74, 6) is -0.322. The third kappa shape index (κ3) is 3.61. The van der Waals surface area contributed by atoms with Crippen LogP contribution < -0.4 is 5.43 Å². The summed E-state index contributed by atoms with van der Waals surface area (Å²) in [5.41, 5.74) is 2.92. The maximum atomic E-state index is 11.8. The van der Waals surface area contributed by atoms with Crippen molar-refractivity contribution in [2.75, 3.05) is 0 Å². The van der Waals surface area contributed by atoms with Gasteiger partial charge in [-0.2, -0.15) is 5.10 Å². The fraction of sp³-hybridized carbons (Fsp3) is 0. The molecular formula is C12H8IN3O3S. The number of hydrogen-bond donors (Lipinski definition) is 1. The van der Waals surface area contributed by atoms with E-state index in [1.54, 1.807) is 18.2 Å². The quantitative estimate of drug-likeness (QED) is 0.370. The van der Waals surface area contributed by atoms with Gasteiger partial charge in [0, 0.05) is 9.64 Å². The van der Waals surface area contributed by atoms with Crippen molar-refractivity contribution < 1.29 is 9.72 Å². The lowest BCUT2D eigenvalue weighted by Crippen LogP contribution is -2.18. The van der Waals surface area contributed by atoms with Gasteiger partial charge in [-0.1, -0.05) is 23.5 Å². The van der Waals surface area contributed by atoms with Gasteiger partial charge >= 0.3 is 5.00 Å². The van der Waals surface area contributed by atoms with Crippen LogP contribution in [0, 0.1) is 13.7 Å². The van der Waals surface area contributed by atoms with Gasteiger partial charge in [0.15, 0.2) is 0 Å². The lowest BCUT2D eigenvalue weighted by atomic mass is 10.2. The van der Waals surface area contributed by atoms with E-state index in [0.717, 1.165) is 14.9 Å². The Morgan fingerprint density at radius 1 is 1.35 bits per heavy atom. The summed E-state index contributed by atoms with van der Waals surface area (Å²) in [6.45, 7) is 0. The van der Waals surface area contributed by atoms with E-state index in [1.165, 1.54) is 12.3 Å². The number of hydrogen-bond acceptors (Lipinski definition) is 5. The van der Waals surface area contributed by atoms with Crippen LogP contribution in [0.25, 0.3) is 0 Å². The zero-order valence-corrected chi connectivity index (χ0v) is 12.9. The Morgan fingerprint density at radius 2 is 2.10 bits per heavy atom. The predicted octanol–water partition coefficient (Wildman–Crippen LogP) is 3.02. The second kappa shape index (κ2) is 6.57. The van der Waals surface area contributed by atoms with Crippen molar-refractivity contribution in [2.45, 2.75) is 0 Å². The Hall–Kier alpha value is -1.81. The number of thiophene rings is 1. The van der Waals surface area contributed by atoms with Crippen LogP contribution in [0.15, 0.2) is 41.5 Å². The number of carbonyl (C=O) groups excluding carboxylic acids is 1. The number of rotatable bonds is 4. The van der Waals surface area contributed by atoms with Crippen LogP contribution >= 0.6 is 33.9 Å². The third-order valence-electron chi connectivity index (χ3n) is 2.27. The number of nitrogens with one attached hydrogen (secondary N) is 1. The summed E-state index contributed by atoms with van der Waals surface area (Å²) < 4.78 is 0.824. The van der Waals surface area contributed by atoms with Gasteiger partial charge in [-0.3, -0.25) is 14.9 Å². The number of benzene rings is 1. The monoisotopic (exact) mass is 401 g/mol. The molecule has 6 nitrogen and oxygen atoms in total. The maximum Gasteiger partial charge on any atom is 0.324 e. The molecule has 1 aromatic heterocycles. The van der Waals surface area contributed by atoms with Crippen LogP contribution in [0.3, 0.4) is 0 Å². The Kier molecular flexibility index (Phi) is 4.79. The highest BCUT2D eigenvalue weighted by atomic mass is 127. The molecule has 0 fully saturated rings. The van der Waals surface area contributed by atoms with Crippen LogP contribution in [-0.4, -0.2) is 17.0 Å². The number of halogens is 1. The number of hydrazone groups is 1. The lowest BCUT2D eigenvalue weighted by Gasteiger charge is -2.01. The molecule has 8 heteroatoms. The molecule has 0 saturated heterocycles. The van der Waals surface area contributed by atoms with Crippen LogP contribution in [0.1, 0.15) is 15.2 Å². The van der Waals surface area contributed by atoms with E-state index >= 15 is 0 Å². The van der Waals surface area contributed by atoms with Gasteiger partial charge in [-0.05, 0) is 40.8 Å². The number of amides is 1. The molecule has 0 aliphatic rings. The van der Waals surface area contributed by atoms with Crippen molar-refractivity contribution in [3.63, 3.8) is 0 Å². The minimum atomic E-state index is -0.465. The summed E-state index contributed by atoms with van der Waals surface area (Å²) in [7, 11) is 0. The average molecular weight is 401 g/mol. The highest BCUT2D eigenvalue weighted by Crippen LogP contribution is 2.22. The first kappa shape index (κ1) is 14.6. The van der Waals surface area contributed by atoms with Crippen molar-refractivity contribution in [1.29, 1.82) is 0 Å². The summed E-state index contributed by atoms with van der Waals surface area (Å²) in [6.07, 6.45) is 1.38. The Labute approximate surface area is 131 Å². The van der Waals surface area contributed by atoms with E-state index in [4.69, 9.17) is 0 Å². The van der Waals surface area contributed by atoms with Gasteiger partial charge in [0.2, 0.25) is 0 Å². The minimum Gasteiger partial charge on any atom is -0.267 e. The first-order valence-corrected chi connectivity index (χ1v) is 7.29. The van der Waals surface area contributed by atoms with E-state index in [1.807, 2.05) is 12.1 Å². The second-order valence-electron chi connectivity index (χ2n) is 3.61. The topological polar surface area (TPSA) is 84.6 Å². The summed E-state index contributed by atoms with van der Waals surface area (Å²) in [5, 5.41) is 14.3. The zero-order chi connectivity index (χ0) is 14.5. The van der Waals surface area contributed by atoms with Gasteiger partial charge < -0.3 is 0 Å². The molecule has 102 valence electrons.